The van der Waals surface area contributed by atoms with Gasteiger partial charge in [0, 0.05) is 16.7 Å². The number of anilines is 2. The second-order valence-corrected chi connectivity index (χ2v) is 5.73. The van der Waals surface area contributed by atoms with Gasteiger partial charge in [-0.25, -0.2) is 0 Å². The minimum Gasteiger partial charge on any atom is -0.506 e. The van der Waals surface area contributed by atoms with Crippen LogP contribution in [0.3, 0.4) is 0 Å². The highest BCUT2D eigenvalue weighted by atomic mass is 35.5. The molecule has 0 heterocycles. The largest absolute Gasteiger partial charge is 0.506 e. The Morgan fingerprint density at radius 3 is 2.28 bits per heavy atom. The molecule has 136 valence electrons. The third kappa shape index (κ3) is 7.98. The summed E-state index contributed by atoms with van der Waals surface area (Å²) in [5.41, 5.74) is 5.91. The number of benzene rings is 2. The number of halogens is 2. The Kier molecular flexibility index (Phi) is 8.91. The van der Waals surface area contributed by atoms with E-state index in [0.717, 1.165) is 0 Å². The number of nitrogens with two attached hydrogens (primary N) is 1. The summed E-state index contributed by atoms with van der Waals surface area (Å²) in [6.07, 6.45) is 0.250. The first-order valence-electron chi connectivity index (χ1n) is 7.43. The molecule has 0 aliphatic heterocycles. The number of amides is 1. The molecule has 2 aromatic rings. The van der Waals surface area contributed by atoms with Crippen LogP contribution in [0.5, 0.6) is 11.5 Å². The zero-order valence-electron chi connectivity index (χ0n) is 13.6. The molecule has 0 atom stereocenters. The number of phenolic OH excluding ortho intramolecular Hbond substituents is 2. The van der Waals surface area contributed by atoms with Crippen molar-refractivity contribution in [2.24, 2.45) is 0 Å². The Hall–Kier alpha value is -2.15. The second-order valence-electron chi connectivity index (χ2n) is 4.86. The van der Waals surface area contributed by atoms with Crippen molar-refractivity contribution in [3.63, 3.8) is 0 Å². The van der Waals surface area contributed by atoms with E-state index in [-0.39, 0.29) is 23.8 Å². The van der Waals surface area contributed by atoms with Crippen molar-refractivity contribution in [2.75, 3.05) is 24.3 Å². The molecule has 5 N–H and O–H groups in total. The van der Waals surface area contributed by atoms with E-state index >= 15 is 0 Å². The molecule has 8 heteroatoms. The van der Waals surface area contributed by atoms with Crippen molar-refractivity contribution < 1.29 is 19.7 Å². The summed E-state index contributed by atoms with van der Waals surface area (Å²) in [7, 11) is 0. The number of hydrogen-bond donors (Lipinski definition) is 4. The van der Waals surface area contributed by atoms with Gasteiger partial charge < -0.3 is 26.0 Å². The van der Waals surface area contributed by atoms with Gasteiger partial charge in [0.25, 0.3) is 0 Å². The van der Waals surface area contributed by atoms with Gasteiger partial charge >= 0.3 is 0 Å². The maximum absolute atomic E-state index is 11.4. The third-order valence-corrected chi connectivity index (χ3v) is 3.37. The first-order valence-corrected chi connectivity index (χ1v) is 8.19. The third-order valence-electron chi connectivity index (χ3n) is 2.90. The highest BCUT2D eigenvalue weighted by Gasteiger charge is 2.06. The van der Waals surface area contributed by atoms with E-state index in [1.807, 2.05) is 6.92 Å². The van der Waals surface area contributed by atoms with Crippen molar-refractivity contribution in [3.05, 3.63) is 46.4 Å². The summed E-state index contributed by atoms with van der Waals surface area (Å²) in [4.78, 5) is 11.4. The monoisotopic (exact) mass is 386 g/mol. The van der Waals surface area contributed by atoms with E-state index in [1.54, 1.807) is 12.1 Å². The summed E-state index contributed by atoms with van der Waals surface area (Å²) in [6.45, 7) is 2.81. The standard InChI is InChI=1S/C11H14ClNO3.C6H6ClNO/c1-2-16-6-5-11(15)13-9-7-8(12)3-4-10(9)14;7-4-1-2-6(9)5(8)3-4/h3-4,7,14H,2,5-6H2,1H3,(H,13,15);1-3,9H,8H2. The number of nitrogens with one attached hydrogen (secondary N) is 1. The quantitative estimate of drug-likeness (QED) is 0.352. The molecule has 0 radical (unpaired) electrons. The molecule has 2 aromatic carbocycles. The molecule has 0 bridgehead atoms. The molecular weight excluding hydrogens is 367 g/mol. The van der Waals surface area contributed by atoms with Crippen molar-refractivity contribution in [3.8, 4) is 11.5 Å². The molecule has 2 rings (SSSR count). The lowest BCUT2D eigenvalue weighted by Gasteiger charge is -2.07. The van der Waals surface area contributed by atoms with Crippen LogP contribution in [0.2, 0.25) is 10.0 Å². The van der Waals surface area contributed by atoms with Gasteiger partial charge in [-0.05, 0) is 43.3 Å². The Balaban J connectivity index is 0.000000293. The van der Waals surface area contributed by atoms with E-state index < -0.39 is 0 Å². The van der Waals surface area contributed by atoms with Crippen molar-refractivity contribution in [2.45, 2.75) is 13.3 Å². The van der Waals surface area contributed by atoms with Crippen LogP contribution in [0, 0.1) is 0 Å². The molecule has 0 aromatic heterocycles. The van der Waals surface area contributed by atoms with E-state index in [1.165, 1.54) is 24.3 Å². The molecule has 6 nitrogen and oxygen atoms in total. The van der Waals surface area contributed by atoms with Gasteiger partial charge in [0.05, 0.1) is 24.4 Å². The molecule has 0 spiro atoms. The van der Waals surface area contributed by atoms with Crippen LogP contribution in [-0.2, 0) is 9.53 Å². The smallest absolute Gasteiger partial charge is 0.226 e. The van der Waals surface area contributed by atoms with Gasteiger partial charge in [0.15, 0.2) is 0 Å². The molecule has 0 aliphatic carbocycles. The van der Waals surface area contributed by atoms with Gasteiger partial charge in [0.2, 0.25) is 5.91 Å². The summed E-state index contributed by atoms with van der Waals surface area (Å²) in [5, 5.41) is 21.9. The summed E-state index contributed by atoms with van der Waals surface area (Å²) in [5.74, 6) is -0.153. The minimum absolute atomic E-state index is 0.00541. The van der Waals surface area contributed by atoms with Crippen molar-refractivity contribution in [1.29, 1.82) is 0 Å². The van der Waals surface area contributed by atoms with Crippen LogP contribution in [0.15, 0.2) is 36.4 Å². The minimum atomic E-state index is -0.217. The Morgan fingerprint density at radius 1 is 1.12 bits per heavy atom. The molecule has 0 fully saturated rings. The normalized spacial score (nSPS) is 9.88. The van der Waals surface area contributed by atoms with Crippen LogP contribution < -0.4 is 11.1 Å². The molecule has 1 amide bonds. The fraction of sp³-hybridized carbons (Fsp3) is 0.235. The van der Waals surface area contributed by atoms with Crippen LogP contribution >= 0.6 is 23.2 Å². The summed E-state index contributed by atoms with van der Waals surface area (Å²) in [6, 6.07) is 9.00. The van der Waals surface area contributed by atoms with Gasteiger partial charge in [-0.3, -0.25) is 4.79 Å². The van der Waals surface area contributed by atoms with Crippen LogP contribution in [0.1, 0.15) is 13.3 Å². The van der Waals surface area contributed by atoms with Crippen LogP contribution in [0.25, 0.3) is 0 Å². The predicted octanol–water partition coefficient (Wildman–Crippen LogP) is 4.04. The number of carbonyl (C=O) groups excluding carboxylic acids is 1. The SMILES string of the molecule is CCOCCC(=O)Nc1cc(Cl)ccc1O.Nc1cc(Cl)ccc1O. The Morgan fingerprint density at radius 2 is 1.72 bits per heavy atom. The highest BCUT2D eigenvalue weighted by Crippen LogP contribution is 2.26. The number of aromatic hydroxyl groups is 2. The number of phenols is 2. The van der Waals surface area contributed by atoms with E-state index in [0.29, 0.717) is 34.6 Å². The van der Waals surface area contributed by atoms with Crippen LogP contribution in [-0.4, -0.2) is 29.3 Å². The lowest BCUT2D eigenvalue weighted by molar-refractivity contribution is -0.117. The fourth-order valence-corrected chi connectivity index (χ4v) is 2.01. The predicted molar refractivity (Wildman–Crippen MR) is 100 cm³/mol. The first kappa shape index (κ1) is 20.9. The lowest BCUT2D eigenvalue weighted by atomic mass is 10.3. The fourth-order valence-electron chi connectivity index (χ4n) is 1.66. The molecule has 25 heavy (non-hydrogen) atoms. The van der Waals surface area contributed by atoms with Gasteiger partial charge in [-0.1, -0.05) is 23.2 Å². The number of ether oxygens (including phenoxy) is 1. The average Bonchev–Trinajstić information content (AvgIpc) is 2.56. The summed E-state index contributed by atoms with van der Waals surface area (Å²) < 4.78 is 5.05. The van der Waals surface area contributed by atoms with Crippen LogP contribution in [0.4, 0.5) is 11.4 Å². The molecule has 0 saturated carbocycles. The number of rotatable bonds is 5. The Labute approximate surface area is 156 Å². The lowest BCUT2D eigenvalue weighted by Crippen LogP contribution is -2.14. The zero-order valence-corrected chi connectivity index (χ0v) is 15.1. The summed E-state index contributed by atoms with van der Waals surface area (Å²) >= 11 is 11.3. The maximum atomic E-state index is 11.4. The van der Waals surface area contributed by atoms with Gasteiger partial charge in [0.1, 0.15) is 11.5 Å². The van der Waals surface area contributed by atoms with E-state index in [4.69, 9.17) is 38.8 Å². The number of nitrogen functional groups attached to an aromatic ring is 1. The number of hydrogen-bond acceptors (Lipinski definition) is 5. The maximum Gasteiger partial charge on any atom is 0.226 e. The van der Waals surface area contributed by atoms with Crippen molar-refractivity contribution >= 4 is 40.5 Å². The number of carbonyl (C=O) groups is 1. The molecular formula is C17H20Cl2N2O4. The van der Waals surface area contributed by atoms with E-state index in [2.05, 4.69) is 5.32 Å². The van der Waals surface area contributed by atoms with Gasteiger partial charge in [-0.15, -0.1) is 0 Å². The van der Waals surface area contributed by atoms with Crippen molar-refractivity contribution in [1.82, 2.24) is 0 Å². The molecule has 0 saturated heterocycles. The zero-order chi connectivity index (χ0) is 18.8. The van der Waals surface area contributed by atoms with Gasteiger partial charge in [-0.2, -0.15) is 0 Å². The Bertz CT molecular complexity index is 711. The second kappa shape index (κ2) is 10.7. The topological polar surface area (TPSA) is 105 Å². The molecule has 0 aliphatic rings. The van der Waals surface area contributed by atoms with E-state index in [9.17, 15) is 9.90 Å². The first-order chi connectivity index (χ1) is 11.8. The molecule has 0 unspecified atom stereocenters. The average molecular weight is 387 g/mol. The highest BCUT2D eigenvalue weighted by molar-refractivity contribution is 6.31.